The molecule has 0 aliphatic heterocycles. The maximum Gasteiger partial charge on any atom is 0.220 e. The van der Waals surface area contributed by atoms with Gasteiger partial charge in [0.1, 0.15) is 0 Å². The number of alkyl halides is 1. The van der Waals surface area contributed by atoms with E-state index in [2.05, 4.69) is 12.2 Å². The molecule has 0 spiro atoms. The zero-order valence-corrected chi connectivity index (χ0v) is 10.3. The van der Waals surface area contributed by atoms with Crippen LogP contribution < -0.4 is 5.32 Å². The molecule has 1 amide bonds. The molecule has 3 heteroatoms. The van der Waals surface area contributed by atoms with Gasteiger partial charge in [-0.3, -0.25) is 4.79 Å². The first-order valence-corrected chi connectivity index (χ1v) is 6.21. The number of halogens is 1. The fraction of sp³-hybridized carbons (Fsp3) is 0.462. The fourth-order valence-corrected chi connectivity index (χ4v) is 1.73. The maximum absolute atomic E-state index is 11.6. The van der Waals surface area contributed by atoms with Crippen LogP contribution in [-0.4, -0.2) is 11.8 Å². The summed E-state index contributed by atoms with van der Waals surface area (Å²) in [6.07, 6.45) is 2.14. The molecule has 1 aromatic rings. The van der Waals surface area contributed by atoms with Crippen molar-refractivity contribution in [3.05, 3.63) is 35.9 Å². The molecule has 0 saturated carbocycles. The predicted molar refractivity (Wildman–Crippen MR) is 67.6 cm³/mol. The van der Waals surface area contributed by atoms with E-state index in [0.717, 1.165) is 18.4 Å². The molecule has 0 saturated heterocycles. The lowest BCUT2D eigenvalue weighted by atomic mass is 10.0. The summed E-state index contributed by atoms with van der Waals surface area (Å²) in [5.74, 6) is 0.617. The van der Waals surface area contributed by atoms with Crippen LogP contribution in [0.1, 0.15) is 37.8 Å². The molecule has 0 fully saturated rings. The highest BCUT2D eigenvalue weighted by molar-refractivity contribution is 6.17. The van der Waals surface area contributed by atoms with E-state index in [9.17, 15) is 4.79 Å². The SMILES string of the molecule is CCC(NC(=O)CCCCl)c1ccccc1. The van der Waals surface area contributed by atoms with Crippen molar-refractivity contribution < 1.29 is 4.79 Å². The summed E-state index contributed by atoms with van der Waals surface area (Å²) in [6, 6.07) is 10.1. The summed E-state index contributed by atoms with van der Waals surface area (Å²) in [4.78, 5) is 11.6. The Hall–Kier alpha value is -1.02. The molecule has 1 unspecified atom stereocenters. The van der Waals surface area contributed by atoms with Gasteiger partial charge in [-0.2, -0.15) is 0 Å². The zero-order valence-electron chi connectivity index (χ0n) is 9.58. The molecule has 1 N–H and O–H groups in total. The Balaban J connectivity index is 2.52. The van der Waals surface area contributed by atoms with Crippen molar-refractivity contribution in [2.75, 3.05) is 5.88 Å². The lowest BCUT2D eigenvalue weighted by molar-refractivity contribution is -0.121. The van der Waals surface area contributed by atoms with Crippen molar-refractivity contribution in [3.63, 3.8) is 0 Å². The van der Waals surface area contributed by atoms with Gasteiger partial charge in [0.2, 0.25) is 5.91 Å². The van der Waals surface area contributed by atoms with E-state index in [1.807, 2.05) is 30.3 Å². The first-order valence-electron chi connectivity index (χ1n) is 5.68. The molecule has 1 atom stereocenters. The minimum absolute atomic E-state index is 0.0800. The number of hydrogen-bond acceptors (Lipinski definition) is 1. The van der Waals surface area contributed by atoms with E-state index in [4.69, 9.17) is 11.6 Å². The Morgan fingerprint density at radius 1 is 1.38 bits per heavy atom. The van der Waals surface area contributed by atoms with Crippen LogP contribution in [0.25, 0.3) is 0 Å². The minimum atomic E-state index is 0.0800. The lowest BCUT2D eigenvalue weighted by Crippen LogP contribution is -2.27. The number of rotatable bonds is 6. The van der Waals surface area contributed by atoms with Crippen LogP contribution in [0, 0.1) is 0 Å². The fourth-order valence-electron chi connectivity index (χ4n) is 1.60. The molecule has 0 heterocycles. The standard InChI is InChI=1S/C13H18ClNO/c1-2-12(11-7-4-3-5-8-11)15-13(16)9-6-10-14/h3-5,7-8,12H,2,6,9-10H2,1H3,(H,15,16). The monoisotopic (exact) mass is 239 g/mol. The highest BCUT2D eigenvalue weighted by Gasteiger charge is 2.11. The Morgan fingerprint density at radius 3 is 2.62 bits per heavy atom. The molecular weight excluding hydrogens is 222 g/mol. The molecule has 2 nitrogen and oxygen atoms in total. The Labute approximate surface area is 102 Å². The summed E-state index contributed by atoms with van der Waals surface area (Å²) in [5, 5.41) is 3.02. The van der Waals surface area contributed by atoms with Gasteiger partial charge in [0.05, 0.1) is 6.04 Å². The number of carbonyl (C=O) groups excluding carboxylic acids is 1. The summed E-state index contributed by atoms with van der Waals surface area (Å²) in [6.45, 7) is 2.07. The number of nitrogens with one attached hydrogen (secondary N) is 1. The van der Waals surface area contributed by atoms with Gasteiger partial charge < -0.3 is 5.32 Å². The van der Waals surface area contributed by atoms with E-state index in [-0.39, 0.29) is 11.9 Å². The number of amides is 1. The van der Waals surface area contributed by atoms with Crippen molar-refractivity contribution in [1.82, 2.24) is 5.32 Å². The minimum Gasteiger partial charge on any atom is -0.349 e. The third-order valence-corrected chi connectivity index (χ3v) is 2.75. The first-order chi connectivity index (χ1) is 7.77. The lowest BCUT2D eigenvalue weighted by Gasteiger charge is -2.17. The smallest absolute Gasteiger partial charge is 0.220 e. The van der Waals surface area contributed by atoms with Gasteiger partial charge in [-0.25, -0.2) is 0 Å². The molecular formula is C13H18ClNO. The van der Waals surface area contributed by atoms with E-state index in [1.54, 1.807) is 0 Å². The third-order valence-electron chi connectivity index (χ3n) is 2.48. The number of hydrogen-bond donors (Lipinski definition) is 1. The second-order valence-corrected chi connectivity index (χ2v) is 4.11. The van der Waals surface area contributed by atoms with Crippen LogP contribution in [-0.2, 0) is 4.79 Å². The van der Waals surface area contributed by atoms with E-state index in [1.165, 1.54) is 0 Å². The zero-order chi connectivity index (χ0) is 11.8. The van der Waals surface area contributed by atoms with Crippen molar-refractivity contribution in [1.29, 1.82) is 0 Å². The van der Waals surface area contributed by atoms with Crippen molar-refractivity contribution >= 4 is 17.5 Å². The summed E-state index contributed by atoms with van der Waals surface area (Å²) in [7, 11) is 0. The first kappa shape index (κ1) is 13.0. The molecule has 0 radical (unpaired) electrons. The molecule has 0 aromatic heterocycles. The van der Waals surface area contributed by atoms with Gasteiger partial charge in [-0.15, -0.1) is 11.6 Å². The molecule has 0 bridgehead atoms. The largest absolute Gasteiger partial charge is 0.349 e. The van der Waals surface area contributed by atoms with Gasteiger partial charge in [-0.1, -0.05) is 37.3 Å². The second-order valence-electron chi connectivity index (χ2n) is 3.73. The van der Waals surface area contributed by atoms with Gasteiger partial charge in [0.15, 0.2) is 0 Å². The number of carbonyl (C=O) groups is 1. The maximum atomic E-state index is 11.6. The van der Waals surface area contributed by atoms with Gasteiger partial charge in [-0.05, 0) is 18.4 Å². The van der Waals surface area contributed by atoms with Crippen LogP contribution in [0.15, 0.2) is 30.3 Å². The van der Waals surface area contributed by atoms with Crippen molar-refractivity contribution in [2.45, 2.75) is 32.2 Å². The van der Waals surface area contributed by atoms with Crippen molar-refractivity contribution in [3.8, 4) is 0 Å². The molecule has 1 aromatic carbocycles. The Kier molecular flexibility index (Phi) is 5.94. The van der Waals surface area contributed by atoms with Gasteiger partial charge in [0, 0.05) is 12.3 Å². The van der Waals surface area contributed by atoms with Crippen LogP contribution in [0.2, 0.25) is 0 Å². The Morgan fingerprint density at radius 2 is 2.06 bits per heavy atom. The second kappa shape index (κ2) is 7.29. The Bertz CT molecular complexity index is 313. The highest BCUT2D eigenvalue weighted by atomic mass is 35.5. The quantitative estimate of drug-likeness (QED) is 0.759. The molecule has 0 aliphatic rings. The predicted octanol–water partition coefficient (Wildman–Crippen LogP) is 3.27. The highest BCUT2D eigenvalue weighted by Crippen LogP contribution is 2.15. The van der Waals surface area contributed by atoms with Gasteiger partial charge in [0.25, 0.3) is 0 Å². The van der Waals surface area contributed by atoms with Gasteiger partial charge >= 0.3 is 0 Å². The average Bonchev–Trinajstić information content (AvgIpc) is 2.34. The summed E-state index contributed by atoms with van der Waals surface area (Å²) in [5.41, 5.74) is 1.16. The molecule has 88 valence electrons. The van der Waals surface area contributed by atoms with Crippen molar-refractivity contribution in [2.24, 2.45) is 0 Å². The van der Waals surface area contributed by atoms with Crippen LogP contribution in [0.3, 0.4) is 0 Å². The van der Waals surface area contributed by atoms with E-state index in [0.29, 0.717) is 12.3 Å². The average molecular weight is 240 g/mol. The number of benzene rings is 1. The molecule has 16 heavy (non-hydrogen) atoms. The summed E-state index contributed by atoms with van der Waals surface area (Å²) >= 11 is 5.55. The molecule has 1 rings (SSSR count). The van der Waals surface area contributed by atoms with Crippen LogP contribution in [0.5, 0.6) is 0 Å². The third kappa shape index (κ3) is 4.23. The van der Waals surface area contributed by atoms with E-state index < -0.39 is 0 Å². The summed E-state index contributed by atoms with van der Waals surface area (Å²) < 4.78 is 0. The van der Waals surface area contributed by atoms with E-state index >= 15 is 0 Å². The van der Waals surface area contributed by atoms with Crippen LogP contribution in [0.4, 0.5) is 0 Å². The molecule has 0 aliphatic carbocycles. The topological polar surface area (TPSA) is 29.1 Å². The normalized spacial score (nSPS) is 12.1. The van der Waals surface area contributed by atoms with Crippen LogP contribution >= 0.6 is 11.6 Å².